The second-order valence-corrected chi connectivity index (χ2v) is 5.65. The van der Waals surface area contributed by atoms with Gasteiger partial charge in [0.2, 0.25) is 0 Å². The zero-order chi connectivity index (χ0) is 25.6. The Kier molecular flexibility index (Phi) is 6.97. The average Bonchev–Trinajstić information content (AvgIpc) is 2.58. The van der Waals surface area contributed by atoms with Crippen molar-refractivity contribution in [2.45, 2.75) is 36.4 Å². The lowest BCUT2D eigenvalue weighted by Gasteiger charge is -2.34. The van der Waals surface area contributed by atoms with Gasteiger partial charge in [-0.1, -0.05) is 0 Å². The summed E-state index contributed by atoms with van der Waals surface area (Å²) in [6.07, 6.45) is -26.8. The summed E-state index contributed by atoms with van der Waals surface area (Å²) in [7, 11) is 0.680. The molecule has 0 aromatic heterocycles. The molecule has 18 heteroatoms. The van der Waals surface area contributed by atoms with E-state index in [-0.39, 0.29) is 12.1 Å². The van der Waals surface area contributed by atoms with E-state index in [1.165, 1.54) is 0 Å². The van der Waals surface area contributed by atoms with Crippen molar-refractivity contribution in [1.29, 1.82) is 0 Å². The minimum absolute atomic E-state index is 0.171. The van der Waals surface area contributed by atoms with E-state index in [0.29, 0.717) is 18.5 Å². The standard InChI is InChI=1S/C14H7F14NO3/c1-31-7-3-2-5(10(16,17)18)4-6(7)29-8(30)9(15,12(21,22)23)32-14(27,28)11(19,20)13(24,25)26/h2-4H,1H3,(H,29,30)/t9-/m0/s1. The molecule has 1 amide bonds. The molecule has 0 spiro atoms. The van der Waals surface area contributed by atoms with Crippen LogP contribution in [0, 0.1) is 0 Å². The highest BCUT2D eigenvalue weighted by molar-refractivity contribution is 5.98. The molecule has 1 aromatic rings. The van der Waals surface area contributed by atoms with E-state index in [2.05, 4.69) is 4.74 Å². The summed E-state index contributed by atoms with van der Waals surface area (Å²) in [4.78, 5) is 11.6. The molecular formula is C14H7F14NO3. The van der Waals surface area contributed by atoms with Crippen molar-refractivity contribution in [3.8, 4) is 5.75 Å². The smallest absolute Gasteiger partial charge is 0.462 e. The van der Waals surface area contributed by atoms with Crippen molar-refractivity contribution < 1.29 is 75.7 Å². The first-order valence-electron chi connectivity index (χ1n) is 7.36. The second-order valence-electron chi connectivity index (χ2n) is 5.65. The van der Waals surface area contributed by atoms with Crippen LogP contribution in [0.25, 0.3) is 0 Å². The summed E-state index contributed by atoms with van der Waals surface area (Å²) < 4.78 is 186. The van der Waals surface area contributed by atoms with E-state index in [4.69, 9.17) is 0 Å². The number of amides is 1. The minimum atomic E-state index is -7.42. The van der Waals surface area contributed by atoms with Crippen molar-refractivity contribution in [2.24, 2.45) is 0 Å². The van der Waals surface area contributed by atoms with Gasteiger partial charge in [-0.15, -0.1) is 0 Å². The molecule has 0 aliphatic rings. The summed E-state index contributed by atoms with van der Waals surface area (Å²) >= 11 is 0. The Morgan fingerprint density at radius 1 is 0.812 bits per heavy atom. The minimum Gasteiger partial charge on any atom is -0.495 e. The monoisotopic (exact) mass is 503 g/mol. The molecule has 0 bridgehead atoms. The first-order valence-corrected chi connectivity index (χ1v) is 7.36. The quantitative estimate of drug-likeness (QED) is 0.508. The van der Waals surface area contributed by atoms with Gasteiger partial charge in [0.15, 0.2) is 0 Å². The van der Waals surface area contributed by atoms with Crippen LogP contribution in [0.5, 0.6) is 5.75 Å². The molecule has 0 saturated carbocycles. The van der Waals surface area contributed by atoms with E-state index in [1.807, 2.05) is 4.74 Å². The zero-order valence-corrected chi connectivity index (χ0v) is 14.7. The van der Waals surface area contributed by atoms with Crippen molar-refractivity contribution in [3.63, 3.8) is 0 Å². The van der Waals surface area contributed by atoms with Crippen LogP contribution >= 0.6 is 0 Å². The van der Waals surface area contributed by atoms with Gasteiger partial charge in [0.1, 0.15) is 5.75 Å². The number of ether oxygens (including phenoxy) is 2. The number of hydrogen-bond acceptors (Lipinski definition) is 3. The maximum Gasteiger partial charge on any atom is 0.462 e. The summed E-state index contributed by atoms with van der Waals surface area (Å²) in [6, 6.07) is 0.463. The van der Waals surface area contributed by atoms with E-state index in [0.717, 1.165) is 0 Å². The topological polar surface area (TPSA) is 47.6 Å². The van der Waals surface area contributed by atoms with Crippen LogP contribution < -0.4 is 10.1 Å². The molecule has 32 heavy (non-hydrogen) atoms. The first kappa shape index (κ1) is 27.5. The van der Waals surface area contributed by atoms with Crippen LogP contribution in [0.2, 0.25) is 0 Å². The molecule has 0 fully saturated rings. The number of benzene rings is 1. The van der Waals surface area contributed by atoms with E-state index in [9.17, 15) is 66.3 Å². The SMILES string of the molecule is COc1ccc(C(F)(F)F)cc1NC(=O)[C@](F)(OC(F)(F)C(F)(F)C(F)(F)F)C(F)(F)F. The van der Waals surface area contributed by atoms with E-state index in [1.54, 1.807) is 0 Å². The summed E-state index contributed by atoms with van der Waals surface area (Å²) in [5, 5.41) is 0.690. The number of methoxy groups -OCH3 is 1. The van der Waals surface area contributed by atoms with Crippen LogP contribution in [-0.2, 0) is 15.7 Å². The number of carbonyl (C=O) groups is 1. The summed E-state index contributed by atoms with van der Waals surface area (Å²) in [5.41, 5.74) is -3.15. The molecular weight excluding hydrogens is 496 g/mol. The number of anilines is 1. The molecule has 1 rings (SSSR count). The maximum absolute atomic E-state index is 14.2. The molecule has 0 radical (unpaired) electrons. The molecule has 0 saturated heterocycles. The molecule has 1 atom stereocenters. The Balaban J connectivity index is 3.49. The molecule has 4 nitrogen and oxygen atoms in total. The lowest BCUT2D eigenvalue weighted by Crippen LogP contribution is -2.62. The fraction of sp³-hybridized carbons (Fsp3) is 0.500. The molecule has 0 aliphatic carbocycles. The van der Waals surface area contributed by atoms with Crippen molar-refractivity contribution in [1.82, 2.24) is 0 Å². The number of nitrogens with one attached hydrogen (secondary N) is 1. The Hall–Kier alpha value is -2.53. The molecule has 0 aliphatic heterocycles. The Morgan fingerprint density at radius 2 is 1.31 bits per heavy atom. The van der Waals surface area contributed by atoms with Gasteiger partial charge in [-0.25, -0.2) is 0 Å². The lowest BCUT2D eigenvalue weighted by atomic mass is 10.1. The average molecular weight is 503 g/mol. The van der Waals surface area contributed by atoms with Gasteiger partial charge < -0.3 is 10.1 Å². The zero-order valence-electron chi connectivity index (χ0n) is 14.7. The predicted octanol–water partition coefficient (Wildman–Crippen LogP) is 5.69. The fourth-order valence-electron chi connectivity index (χ4n) is 1.82. The fourth-order valence-corrected chi connectivity index (χ4v) is 1.82. The third-order valence-electron chi connectivity index (χ3n) is 3.42. The lowest BCUT2D eigenvalue weighted by molar-refractivity contribution is -0.472. The van der Waals surface area contributed by atoms with Crippen molar-refractivity contribution in [2.75, 3.05) is 12.4 Å². The molecule has 0 heterocycles. The van der Waals surface area contributed by atoms with Crippen molar-refractivity contribution in [3.05, 3.63) is 23.8 Å². The molecule has 0 unspecified atom stereocenters. The van der Waals surface area contributed by atoms with Gasteiger partial charge in [-0.3, -0.25) is 9.53 Å². The van der Waals surface area contributed by atoms with E-state index < -0.39 is 59.3 Å². The highest BCUT2D eigenvalue weighted by atomic mass is 19.4. The number of alkyl halides is 14. The van der Waals surface area contributed by atoms with Gasteiger partial charge in [0.05, 0.1) is 18.4 Å². The van der Waals surface area contributed by atoms with Crippen LogP contribution in [-0.4, -0.2) is 43.3 Å². The molecule has 1 aromatic carbocycles. The van der Waals surface area contributed by atoms with Gasteiger partial charge >= 0.3 is 36.4 Å². The number of rotatable bonds is 6. The Bertz CT molecular complexity index is 845. The summed E-state index contributed by atoms with van der Waals surface area (Å²) in [5.74, 6) is -18.4. The van der Waals surface area contributed by atoms with Crippen LogP contribution in [0.15, 0.2) is 18.2 Å². The predicted molar refractivity (Wildman–Crippen MR) is 73.6 cm³/mol. The summed E-state index contributed by atoms with van der Waals surface area (Å²) in [6.45, 7) is 0. The maximum atomic E-state index is 14.2. The second kappa shape index (κ2) is 8.11. The Labute approximate surface area is 167 Å². The number of carbonyl (C=O) groups excluding carboxylic acids is 1. The first-order chi connectivity index (χ1) is 14.0. The van der Waals surface area contributed by atoms with Gasteiger partial charge in [0, 0.05) is 0 Å². The van der Waals surface area contributed by atoms with Gasteiger partial charge in [-0.05, 0) is 18.2 Å². The van der Waals surface area contributed by atoms with Gasteiger partial charge in [0.25, 0.3) is 5.91 Å². The van der Waals surface area contributed by atoms with Crippen LogP contribution in [0.1, 0.15) is 5.56 Å². The highest BCUT2D eigenvalue weighted by Crippen LogP contribution is 2.51. The number of hydrogen-bond donors (Lipinski definition) is 1. The van der Waals surface area contributed by atoms with Crippen molar-refractivity contribution >= 4 is 11.6 Å². The normalized spacial score (nSPS) is 15.8. The molecule has 184 valence electrons. The van der Waals surface area contributed by atoms with Gasteiger partial charge in [-0.2, -0.15) is 61.5 Å². The Morgan fingerprint density at radius 3 is 1.69 bits per heavy atom. The number of halogens is 14. The highest BCUT2D eigenvalue weighted by Gasteiger charge is 2.79. The third-order valence-corrected chi connectivity index (χ3v) is 3.42. The van der Waals surface area contributed by atoms with Crippen LogP contribution in [0.3, 0.4) is 0 Å². The van der Waals surface area contributed by atoms with E-state index >= 15 is 0 Å². The van der Waals surface area contributed by atoms with Crippen LogP contribution in [0.4, 0.5) is 67.2 Å². The molecule has 1 N–H and O–H groups in total. The largest absolute Gasteiger partial charge is 0.495 e. The third kappa shape index (κ3) is 5.09.